The summed E-state index contributed by atoms with van der Waals surface area (Å²) in [5.74, 6) is -0.166. The fraction of sp³-hybridized carbons (Fsp3) is 0.450. The summed E-state index contributed by atoms with van der Waals surface area (Å²) in [6.07, 6.45) is 4.38. The van der Waals surface area contributed by atoms with E-state index in [0.717, 1.165) is 12.3 Å². The molecule has 1 fully saturated rings. The van der Waals surface area contributed by atoms with E-state index < -0.39 is 17.7 Å². The zero-order valence-corrected chi connectivity index (χ0v) is 18.5. The average Bonchev–Trinajstić information content (AvgIpc) is 3.18. The topological polar surface area (TPSA) is 115 Å². The summed E-state index contributed by atoms with van der Waals surface area (Å²) >= 11 is 0. The maximum atomic E-state index is 14.4. The van der Waals surface area contributed by atoms with Gasteiger partial charge in [0.05, 0.1) is 37.9 Å². The van der Waals surface area contributed by atoms with Crippen molar-refractivity contribution in [2.24, 2.45) is 7.05 Å². The van der Waals surface area contributed by atoms with Gasteiger partial charge in [0.2, 0.25) is 17.8 Å². The first-order chi connectivity index (χ1) is 15.9. The number of halogens is 2. The van der Waals surface area contributed by atoms with Crippen LogP contribution in [0, 0.1) is 11.6 Å². The van der Waals surface area contributed by atoms with Gasteiger partial charge in [0.25, 0.3) is 0 Å². The van der Waals surface area contributed by atoms with Gasteiger partial charge in [0.15, 0.2) is 5.82 Å². The van der Waals surface area contributed by atoms with Crippen LogP contribution in [0.2, 0.25) is 0 Å². The summed E-state index contributed by atoms with van der Waals surface area (Å²) in [6.45, 7) is 3.76. The lowest BCUT2D eigenvalue weighted by Gasteiger charge is -2.31. The van der Waals surface area contributed by atoms with Crippen molar-refractivity contribution in [3.8, 4) is 0 Å². The first kappa shape index (κ1) is 22.7. The molecular weight excluding hydrogens is 436 g/mol. The lowest BCUT2D eigenvalue weighted by Crippen LogP contribution is -2.42. The van der Waals surface area contributed by atoms with Crippen LogP contribution in [0.25, 0.3) is 0 Å². The Hall–Kier alpha value is -3.45. The van der Waals surface area contributed by atoms with Crippen molar-refractivity contribution in [3.63, 3.8) is 0 Å². The van der Waals surface area contributed by atoms with Crippen LogP contribution in [0.15, 0.2) is 24.8 Å². The highest BCUT2D eigenvalue weighted by Gasteiger charge is 2.23. The summed E-state index contributed by atoms with van der Waals surface area (Å²) in [5.41, 5.74) is -0.0144. The Labute approximate surface area is 189 Å². The number of aryl methyl sites for hydroxylation is 1. The molecule has 2 N–H and O–H groups in total. The molecule has 33 heavy (non-hydrogen) atoms. The molecule has 0 spiro atoms. The Morgan fingerprint density at radius 2 is 2.06 bits per heavy atom. The van der Waals surface area contributed by atoms with E-state index in [1.807, 2.05) is 18.9 Å². The third kappa shape index (κ3) is 5.68. The number of nitrogens with one attached hydrogen (secondary N) is 2. The summed E-state index contributed by atoms with van der Waals surface area (Å²) in [4.78, 5) is 23.6. The van der Waals surface area contributed by atoms with E-state index in [2.05, 4.69) is 35.6 Å². The number of imidazole rings is 1. The first-order valence-electron chi connectivity index (χ1n) is 10.4. The molecule has 0 aliphatic carbocycles. The number of morpholine rings is 1. The number of anilines is 4. The third-order valence-corrected chi connectivity index (χ3v) is 4.90. The molecule has 1 saturated heterocycles. The molecule has 176 valence electrons. The largest absolute Gasteiger partial charge is 0.382 e. The van der Waals surface area contributed by atoms with Gasteiger partial charge in [0, 0.05) is 39.5 Å². The van der Waals surface area contributed by atoms with E-state index in [9.17, 15) is 8.78 Å². The molecule has 0 bridgehead atoms. The van der Waals surface area contributed by atoms with Crippen LogP contribution in [0.4, 0.5) is 32.4 Å². The van der Waals surface area contributed by atoms with Crippen LogP contribution in [-0.2, 0) is 16.5 Å². The normalized spacial score (nSPS) is 17.1. The lowest BCUT2D eigenvalue weighted by molar-refractivity contribution is 0.0526. The smallest absolute Gasteiger partial charge is 0.235 e. The van der Waals surface area contributed by atoms with Gasteiger partial charge in [-0.2, -0.15) is 15.0 Å². The van der Waals surface area contributed by atoms with Crippen LogP contribution in [0.1, 0.15) is 18.7 Å². The fourth-order valence-corrected chi connectivity index (χ4v) is 3.41. The predicted molar refractivity (Wildman–Crippen MR) is 116 cm³/mol. The van der Waals surface area contributed by atoms with Gasteiger partial charge in [-0.05, 0) is 6.92 Å². The van der Waals surface area contributed by atoms with Gasteiger partial charge in [-0.1, -0.05) is 0 Å². The molecule has 3 aromatic rings. The van der Waals surface area contributed by atoms with Gasteiger partial charge in [-0.15, -0.1) is 0 Å². The maximum absolute atomic E-state index is 14.4. The van der Waals surface area contributed by atoms with Crippen LogP contribution in [0.5, 0.6) is 0 Å². The molecule has 0 saturated carbocycles. The number of methoxy groups -OCH3 is 1. The lowest BCUT2D eigenvalue weighted by atomic mass is 10.2. The minimum Gasteiger partial charge on any atom is -0.382 e. The Morgan fingerprint density at radius 3 is 2.76 bits per heavy atom. The van der Waals surface area contributed by atoms with Crippen molar-refractivity contribution in [3.05, 3.63) is 42.1 Å². The molecule has 4 rings (SSSR count). The molecular formula is C20H25F2N9O2. The Bertz CT molecular complexity index is 1100. The van der Waals surface area contributed by atoms with Gasteiger partial charge in [0.1, 0.15) is 17.3 Å². The number of rotatable bonds is 8. The summed E-state index contributed by atoms with van der Waals surface area (Å²) in [5, 5.41) is 6.10. The highest BCUT2D eigenvalue weighted by molar-refractivity contribution is 5.52. The number of hydrogen-bond donors (Lipinski definition) is 2. The minimum absolute atomic E-state index is 0.0119. The van der Waals surface area contributed by atoms with Crippen molar-refractivity contribution in [1.29, 1.82) is 0 Å². The van der Waals surface area contributed by atoms with Crippen LogP contribution >= 0.6 is 0 Å². The molecule has 1 aliphatic heterocycles. The maximum Gasteiger partial charge on any atom is 0.235 e. The van der Waals surface area contributed by atoms with Gasteiger partial charge in [-0.3, -0.25) is 4.98 Å². The van der Waals surface area contributed by atoms with Crippen molar-refractivity contribution in [2.75, 3.05) is 48.9 Å². The van der Waals surface area contributed by atoms with Gasteiger partial charge >= 0.3 is 0 Å². The quantitative estimate of drug-likeness (QED) is 0.516. The Morgan fingerprint density at radius 1 is 1.24 bits per heavy atom. The molecule has 2 atom stereocenters. The number of nitrogens with zero attached hydrogens (tertiary/aromatic N) is 7. The second-order valence-electron chi connectivity index (χ2n) is 7.63. The number of ether oxygens (including phenoxy) is 2. The number of hydrogen-bond acceptors (Lipinski definition) is 10. The van der Waals surface area contributed by atoms with Crippen LogP contribution < -0.4 is 15.5 Å². The van der Waals surface area contributed by atoms with E-state index in [0.29, 0.717) is 31.5 Å². The number of pyridine rings is 1. The SMILES string of the molecule is COC[C@H](Nc1nc(Nc2cn(C)cn2)nc(N2CCOC(C)C2)n1)c1ncc(F)cc1F. The van der Waals surface area contributed by atoms with Gasteiger partial charge < -0.3 is 29.6 Å². The van der Waals surface area contributed by atoms with Gasteiger partial charge in [-0.25, -0.2) is 13.8 Å². The van der Waals surface area contributed by atoms with Crippen molar-refractivity contribution in [2.45, 2.75) is 19.1 Å². The molecule has 0 amide bonds. The monoisotopic (exact) mass is 461 g/mol. The van der Waals surface area contributed by atoms with E-state index in [1.54, 1.807) is 17.1 Å². The Balaban J connectivity index is 1.66. The molecule has 4 heterocycles. The van der Waals surface area contributed by atoms with E-state index in [-0.39, 0.29) is 30.3 Å². The summed E-state index contributed by atoms with van der Waals surface area (Å²) in [7, 11) is 3.32. The molecule has 1 unspecified atom stereocenters. The van der Waals surface area contributed by atoms with Crippen molar-refractivity contribution >= 4 is 23.7 Å². The number of aromatic nitrogens is 6. The molecule has 1 aliphatic rings. The molecule has 3 aromatic heterocycles. The second kappa shape index (κ2) is 10.0. The standard InChI is InChI=1S/C20H25F2N9O2/c1-12-8-31(4-5-33-12)20-28-18(27-19(29-20)26-16-9-30(2)11-24-16)25-15(10-32-3)17-14(22)6-13(21)7-23-17/h6-7,9,11-12,15H,4-5,8,10H2,1-3H3,(H2,25,26,27,28,29)/t12?,15-/m0/s1. The summed E-state index contributed by atoms with van der Waals surface area (Å²) in [6, 6.07) is 0.00599. The summed E-state index contributed by atoms with van der Waals surface area (Å²) < 4.78 is 40.4. The van der Waals surface area contributed by atoms with Crippen LogP contribution in [0.3, 0.4) is 0 Å². The van der Waals surface area contributed by atoms with E-state index in [1.165, 1.54) is 7.11 Å². The van der Waals surface area contributed by atoms with E-state index in [4.69, 9.17) is 9.47 Å². The fourth-order valence-electron chi connectivity index (χ4n) is 3.41. The molecule has 0 radical (unpaired) electrons. The average molecular weight is 461 g/mol. The van der Waals surface area contributed by atoms with E-state index >= 15 is 0 Å². The molecule has 13 heteroatoms. The minimum atomic E-state index is -0.798. The van der Waals surface area contributed by atoms with Crippen LogP contribution in [-0.4, -0.2) is 69.0 Å². The highest BCUT2D eigenvalue weighted by atomic mass is 19.1. The predicted octanol–water partition coefficient (Wildman–Crippen LogP) is 2.05. The Kier molecular flexibility index (Phi) is 6.89. The van der Waals surface area contributed by atoms with Crippen molar-refractivity contribution < 1.29 is 18.3 Å². The zero-order chi connectivity index (χ0) is 23.4. The molecule has 0 aromatic carbocycles. The third-order valence-electron chi connectivity index (χ3n) is 4.90. The van der Waals surface area contributed by atoms with Crippen molar-refractivity contribution in [1.82, 2.24) is 29.5 Å². The second-order valence-corrected chi connectivity index (χ2v) is 7.63. The molecule has 11 nitrogen and oxygen atoms in total. The highest BCUT2D eigenvalue weighted by Crippen LogP contribution is 2.23. The first-order valence-corrected chi connectivity index (χ1v) is 10.4. The zero-order valence-electron chi connectivity index (χ0n) is 18.5.